The Kier molecular flexibility index (Phi) is 3.68. The first-order chi connectivity index (χ1) is 7.16. The number of nitrogens with one attached hydrogen (secondary N) is 1. The number of hydrogen-bond acceptors (Lipinski definition) is 2. The Labute approximate surface area is 94.4 Å². The van der Waals surface area contributed by atoms with Gasteiger partial charge in [0, 0.05) is 25.8 Å². The van der Waals surface area contributed by atoms with Crippen molar-refractivity contribution in [3.05, 3.63) is 0 Å². The molecule has 2 heteroatoms. The number of rotatable bonds is 4. The maximum atomic E-state index is 3.43. The molecule has 0 spiro atoms. The van der Waals surface area contributed by atoms with Crippen LogP contribution in [0.1, 0.15) is 40.0 Å². The van der Waals surface area contributed by atoms with E-state index in [-0.39, 0.29) is 0 Å². The summed E-state index contributed by atoms with van der Waals surface area (Å²) in [6.07, 6.45) is 4.41. The van der Waals surface area contributed by atoms with Gasteiger partial charge in [0.15, 0.2) is 0 Å². The maximum Gasteiger partial charge on any atom is 0.0484 e. The Morgan fingerprint density at radius 3 is 2.53 bits per heavy atom. The quantitative estimate of drug-likeness (QED) is 0.766. The topological polar surface area (TPSA) is 15.3 Å². The van der Waals surface area contributed by atoms with Crippen LogP contribution in [0.4, 0.5) is 0 Å². The second-order valence-corrected chi connectivity index (χ2v) is 5.94. The molecular weight excluding hydrogens is 184 g/mol. The molecule has 1 unspecified atom stereocenters. The molecule has 1 aliphatic carbocycles. The van der Waals surface area contributed by atoms with Gasteiger partial charge in [-0.05, 0) is 43.9 Å². The van der Waals surface area contributed by atoms with Crippen molar-refractivity contribution in [2.75, 3.05) is 19.8 Å². The molecule has 0 radical (unpaired) electrons. The molecule has 2 aliphatic rings. The smallest absolute Gasteiger partial charge is 0.0484 e. The van der Waals surface area contributed by atoms with Crippen molar-refractivity contribution in [2.24, 2.45) is 17.8 Å². The Morgan fingerprint density at radius 1 is 1.27 bits per heavy atom. The van der Waals surface area contributed by atoms with Gasteiger partial charge < -0.3 is 5.32 Å². The zero-order valence-electron chi connectivity index (χ0n) is 10.5. The van der Waals surface area contributed by atoms with E-state index in [1.54, 1.807) is 0 Å². The lowest BCUT2D eigenvalue weighted by Crippen LogP contribution is -2.43. The highest BCUT2D eigenvalue weighted by Crippen LogP contribution is 2.41. The van der Waals surface area contributed by atoms with Crippen LogP contribution in [0.5, 0.6) is 0 Å². The highest BCUT2D eigenvalue weighted by molar-refractivity contribution is 4.88. The maximum absolute atomic E-state index is 3.43. The van der Waals surface area contributed by atoms with Crippen molar-refractivity contribution >= 4 is 0 Å². The van der Waals surface area contributed by atoms with Gasteiger partial charge in [-0.1, -0.05) is 13.8 Å². The van der Waals surface area contributed by atoms with Gasteiger partial charge in [0.25, 0.3) is 0 Å². The first-order valence-corrected chi connectivity index (χ1v) is 6.61. The molecular formula is C13H26N2. The molecule has 0 aromatic heterocycles. The molecule has 0 aromatic carbocycles. The lowest BCUT2D eigenvalue weighted by Gasteiger charge is -2.43. The first-order valence-electron chi connectivity index (χ1n) is 6.61. The third-order valence-electron chi connectivity index (χ3n) is 4.23. The fourth-order valence-electron chi connectivity index (χ4n) is 3.21. The molecule has 1 atom stereocenters. The predicted octanol–water partition coefficient (Wildman–Crippen LogP) is 2.31. The molecule has 2 fully saturated rings. The molecule has 88 valence electrons. The summed E-state index contributed by atoms with van der Waals surface area (Å²) >= 11 is 0. The highest BCUT2D eigenvalue weighted by Gasteiger charge is 2.35. The molecule has 2 rings (SSSR count). The van der Waals surface area contributed by atoms with E-state index in [0.29, 0.717) is 0 Å². The Balaban J connectivity index is 1.69. The molecule has 2 nitrogen and oxygen atoms in total. The fraction of sp³-hybridized carbons (Fsp3) is 1.00. The van der Waals surface area contributed by atoms with Crippen LogP contribution >= 0.6 is 0 Å². The van der Waals surface area contributed by atoms with Crippen molar-refractivity contribution in [1.82, 2.24) is 10.2 Å². The summed E-state index contributed by atoms with van der Waals surface area (Å²) in [6, 6.07) is 0.809. The van der Waals surface area contributed by atoms with Gasteiger partial charge in [-0.15, -0.1) is 0 Å². The zero-order chi connectivity index (χ0) is 10.8. The van der Waals surface area contributed by atoms with Crippen LogP contribution in [0.3, 0.4) is 0 Å². The number of hydrogen-bond donors (Lipinski definition) is 1. The lowest BCUT2D eigenvalue weighted by molar-refractivity contribution is 0.0713. The first kappa shape index (κ1) is 11.4. The van der Waals surface area contributed by atoms with E-state index in [2.05, 4.69) is 31.0 Å². The van der Waals surface area contributed by atoms with Crippen LogP contribution in [0.25, 0.3) is 0 Å². The molecule has 0 aromatic rings. The average Bonchev–Trinajstić information content (AvgIpc) is 2.61. The van der Waals surface area contributed by atoms with Crippen LogP contribution in [0.15, 0.2) is 0 Å². The minimum absolute atomic E-state index is 0.809. The standard InChI is InChI=1S/C13H26N2/c1-10(2)6-12-7-13(8-12)11(3)15-5-4-14-9-15/h10-14H,4-9H2,1-3H3. The molecule has 0 amide bonds. The van der Waals surface area contributed by atoms with Gasteiger partial charge in [0.1, 0.15) is 0 Å². The number of nitrogens with zero attached hydrogens (tertiary/aromatic N) is 1. The third-order valence-corrected chi connectivity index (χ3v) is 4.23. The van der Waals surface area contributed by atoms with E-state index in [0.717, 1.165) is 30.5 Å². The summed E-state index contributed by atoms with van der Waals surface area (Å²) in [4.78, 5) is 2.61. The van der Waals surface area contributed by atoms with Crippen LogP contribution in [-0.4, -0.2) is 30.7 Å². The minimum atomic E-state index is 0.809. The van der Waals surface area contributed by atoms with Gasteiger partial charge in [-0.2, -0.15) is 0 Å². The molecule has 1 N–H and O–H groups in total. The van der Waals surface area contributed by atoms with Crippen LogP contribution < -0.4 is 5.32 Å². The van der Waals surface area contributed by atoms with Crippen LogP contribution in [-0.2, 0) is 0 Å². The molecule has 1 saturated heterocycles. The SMILES string of the molecule is CC(C)CC1CC(C(C)N2CCNC2)C1. The summed E-state index contributed by atoms with van der Waals surface area (Å²) in [6.45, 7) is 10.7. The molecule has 1 heterocycles. The summed E-state index contributed by atoms with van der Waals surface area (Å²) < 4.78 is 0. The van der Waals surface area contributed by atoms with E-state index < -0.39 is 0 Å². The van der Waals surface area contributed by atoms with Crippen molar-refractivity contribution in [3.63, 3.8) is 0 Å². The normalized spacial score (nSPS) is 34.4. The van der Waals surface area contributed by atoms with E-state index in [1.165, 1.54) is 32.4 Å². The van der Waals surface area contributed by atoms with Gasteiger partial charge >= 0.3 is 0 Å². The molecule has 1 aliphatic heterocycles. The summed E-state index contributed by atoms with van der Waals surface area (Å²) in [5, 5.41) is 3.43. The molecule has 0 bridgehead atoms. The van der Waals surface area contributed by atoms with E-state index in [9.17, 15) is 0 Å². The third kappa shape index (κ3) is 2.73. The van der Waals surface area contributed by atoms with Crippen molar-refractivity contribution in [1.29, 1.82) is 0 Å². The zero-order valence-corrected chi connectivity index (χ0v) is 10.5. The van der Waals surface area contributed by atoms with E-state index in [1.807, 2.05) is 0 Å². The van der Waals surface area contributed by atoms with Crippen molar-refractivity contribution in [3.8, 4) is 0 Å². The largest absolute Gasteiger partial charge is 0.303 e. The summed E-state index contributed by atoms with van der Waals surface area (Å²) in [5.74, 6) is 2.90. The predicted molar refractivity (Wildman–Crippen MR) is 64.7 cm³/mol. The van der Waals surface area contributed by atoms with Crippen molar-refractivity contribution in [2.45, 2.75) is 46.1 Å². The van der Waals surface area contributed by atoms with E-state index >= 15 is 0 Å². The monoisotopic (exact) mass is 210 g/mol. The van der Waals surface area contributed by atoms with Gasteiger partial charge in [0.05, 0.1) is 0 Å². The average molecular weight is 210 g/mol. The van der Waals surface area contributed by atoms with Crippen molar-refractivity contribution < 1.29 is 0 Å². The Morgan fingerprint density at radius 2 is 2.00 bits per heavy atom. The fourth-order valence-corrected chi connectivity index (χ4v) is 3.21. The van der Waals surface area contributed by atoms with Gasteiger partial charge in [0.2, 0.25) is 0 Å². The Bertz CT molecular complexity index is 191. The molecule has 15 heavy (non-hydrogen) atoms. The lowest BCUT2D eigenvalue weighted by atomic mass is 9.68. The Hall–Kier alpha value is -0.0800. The second kappa shape index (κ2) is 4.84. The summed E-state index contributed by atoms with van der Waals surface area (Å²) in [5.41, 5.74) is 0. The second-order valence-electron chi connectivity index (χ2n) is 5.94. The minimum Gasteiger partial charge on any atom is -0.303 e. The van der Waals surface area contributed by atoms with Crippen LogP contribution in [0, 0.1) is 17.8 Å². The van der Waals surface area contributed by atoms with Gasteiger partial charge in [-0.3, -0.25) is 4.90 Å². The van der Waals surface area contributed by atoms with Crippen LogP contribution in [0.2, 0.25) is 0 Å². The summed E-state index contributed by atoms with van der Waals surface area (Å²) in [7, 11) is 0. The van der Waals surface area contributed by atoms with Gasteiger partial charge in [-0.25, -0.2) is 0 Å². The molecule has 1 saturated carbocycles. The highest BCUT2D eigenvalue weighted by atomic mass is 15.3. The van der Waals surface area contributed by atoms with E-state index in [4.69, 9.17) is 0 Å².